The predicted molar refractivity (Wildman–Crippen MR) is 86.9 cm³/mol. The van der Waals surface area contributed by atoms with Gasteiger partial charge in [-0.1, -0.05) is 28.3 Å². The molecule has 1 saturated heterocycles. The second-order valence-corrected chi connectivity index (χ2v) is 8.20. The second kappa shape index (κ2) is 6.34. The minimum atomic E-state index is -3.59. The third kappa shape index (κ3) is 3.26. The van der Waals surface area contributed by atoms with Crippen molar-refractivity contribution in [1.82, 2.24) is 15.1 Å². The number of nitrogens with zero attached hydrogens (tertiary/aromatic N) is 3. The molecule has 1 aromatic heterocycles. The van der Waals surface area contributed by atoms with Crippen LogP contribution in [-0.2, 0) is 9.84 Å². The van der Waals surface area contributed by atoms with E-state index in [1.165, 1.54) is 6.07 Å². The van der Waals surface area contributed by atoms with E-state index in [4.69, 9.17) is 27.6 Å². The molecule has 1 amide bonds. The van der Waals surface area contributed by atoms with Gasteiger partial charge in [-0.2, -0.15) is 0 Å². The Morgan fingerprint density at radius 1 is 1.33 bits per heavy atom. The van der Waals surface area contributed by atoms with E-state index in [2.05, 4.69) is 10.2 Å². The number of rotatable bonds is 3. The van der Waals surface area contributed by atoms with Crippen LogP contribution in [0.1, 0.15) is 35.1 Å². The summed E-state index contributed by atoms with van der Waals surface area (Å²) < 4.78 is 28.2. The van der Waals surface area contributed by atoms with Crippen molar-refractivity contribution in [2.24, 2.45) is 0 Å². The molecule has 0 N–H and O–H groups in total. The van der Waals surface area contributed by atoms with E-state index < -0.39 is 21.1 Å². The van der Waals surface area contributed by atoms with Crippen LogP contribution in [0.5, 0.6) is 0 Å². The molecule has 1 aliphatic heterocycles. The Bertz CT molecular complexity index is 897. The highest BCUT2D eigenvalue weighted by Crippen LogP contribution is 2.34. The molecule has 10 heteroatoms. The molecule has 0 saturated carbocycles. The zero-order chi connectivity index (χ0) is 17.5. The lowest BCUT2D eigenvalue weighted by Crippen LogP contribution is -2.31. The van der Waals surface area contributed by atoms with Gasteiger partial charge < -0.3 is 9.32 Å². The van der Waals surface area contributed by atoms with Crippen molar-refractivity contribution >= 4 is 38.9 Å². The quantitative estimate of drug-likeness (QED) is 0.800. The van der Waals surface area contributed by atoms with E-state index in [-0.39, 0.29) is 16.8 Å². The lowest BCUT2D eigenvalue weighted by atomic mass is 10.1. The number of sulfone groups is 1. The largest absolute Gasteiger partial charge is 0.410 e. The number of benzene rings is 1. The van der Waals surface area contributed by atoms with Crippen LogP contribution in [0, 0.1) is 0 Å². The Kier molecular flexibility index (Phi) is 4.54. The molecular formula is C14H13Cl2N3O4S. The van der Waals surface area contributed by atoms with Crippen LogP contribution in [0.4, 0.5) is 0 Å². The summed E-state index contributed by atoms with van der Waals surface area (Å²) in [7, 11) is -3.59. The van der Waals surface area contributed by atoms with Gasteiger partial charge in [0.05, 0.1) is 10.6 Å². The van der Waals surface area contributed by atoms with Crippen molar-refractivity contribution in [3.8, 4) is 0 Å². The summed E-state index contributed by atoms with van der Waals surface area (Å²) in [4.78, 5) is 14.3. The number of halogens is 2. The summed E-state index contributed by atoms with van der Waals surface area (Å²) in [6.45, 7) is 0.485. The first-order valence-electron chi connectivity index (χ1n) is 7.07. The van der Waals surface area contributed by atoms with Crippen molar-refractivity contribution in [1.29, 1.82) is 0 Å². The first-order valence-corrected chi connectivity index (χ1v) is 9.71. The first-order chi connectivity index (χ1) is 11.3. The van der Waals surface area contributed by atoms with Crippen molar-refractivity contribution in [2.45, 2.75) is 24.1 Å². The third-order valence-corrected chi connectivity index (χ3v) is 5.05. The average Bonchev–Trinajstić information content (AvgIpc) is 3.15. The number of likely N-dealkylation sites (tertiary alicyclic amines) is 1. The SMILES string of the molecule is CS(=O)(=O)c1nnc([C@@H]2CCCN2C(=O)c2ccc(Cl)cc2Cl)o1. The summed E-state index contributed by atoms with van der Waals surface area (Å²) in [5, 5.41) is 7.55. The molecule has 0 bridgehead atoms. The van der Waals surface area contributed by atoms with Crippen LogP contribution in [0.2, 0.25) is 10.0 Å². The minimum Gasteiger partial charge on any atom is -0.410 e. The fraction of sp³-hybridized carbons (Fsp3) is 0.357. The summed E-state index contributed by atoms with van der Waals surface area (Å²) >= 11 is 11.9. The molecule has 0 radical (unpaired) electrons. The van der Waals surface area contributed by atoms with E-state index in [0.29, 0.717) is 23.6 Å². The molecule has 1 atom stereocenters. The number of hydrogen-bond acceptors (Lipinski definition) is 6. The van der Waals surface area contributed by atoms with Crippen LogP contribution in [0.25, 0.3) is 0 Å². The number of aromatic nitrogens is 2. The maximum Gasteiger partial charge on any atom is 0.335 e. The molecule has 3 rings (SSSR count). The van der Waals surface area contributed by atoms with Gasteiger partial charge in [0.25, 0.3) is 5.91 Å². The predicted octanol–water partition coefficient (Wildman–Crippen LogP) is 2.76. The highest BCUT2D eigenvalue weighted by atomic mass is 35.5. The standard InChI is InChI=1S/C14H13Cl2N3O4S/c1-24(21,22)14-18-17-12(23-14)11-3-2-6-19(11)13(20)9-5-4-8(15)7-10(9)16/h4-5,7,11H,2-3,6H2,1H3/t11-/m0/s1. The zero-order valence-corrected chi connectivity index (χ0v) is 14.9. The Labute approximate surface area is 148 Å². The van der Waals surface area contributed by atoms with Gasteiger partial charge in [0.15, 0.2) is 0 Å². The van der Waals surface area contributed by atoms with Gasteiger partial charge in [-0.15, -0.1) is 5.10 Å². The van der Waals surface area contributed by atoms with Crippen LogP contribution < -0.4 is 0 Å². The van der Waals surface area contributed by atoms with E-state index in [9.17, 15) is 13.2 Å². The Balaban J connectivity index is 1.90. The monoisotopic (exact) mass is 389 g/mol. The Hall–Kier alpha value is -1.64. The molecule has 0 unspecified atom stereocenters. The first kappa shape index (κ1) is 17.2. The Morgan fingerprint density at radius 3 is 2.71 bits per heavy atom. The van der Waals surface area contributed by atoms with Crippen LogP contribution in [0.15, 0.2) is 27.8 Å². The molecule has 1 aliphatic rings. The zero-order valence-electron chi connectivity index (χ0n) is 12.6. The van der Waals surface area contributed by atoms with E-state index in [1.807, 2.05) is 0 Å². The van der Waals surface area contributed by atoms with E-state index in [1.54, 1.807) is 17.0 Å². The van der Waals surface area contributed by atoms with Gasteiger partial charge >= 0.3 is 5.22 Å². The van der Waals surface area contributed by atoms with Gasteiger partial charge in [-0.05, 0) is 31.0 Å². The molecular weight excluding hydrogens is 377 g/mol. The molecule has 1 aromatic carbocycles. The number of amides is 1. The van der Waals surface area contributed by atoms with Crippen molar-refractivity contribution in [2.75, 3.05) is 12.8 Å². The van der Waals surface area contributed by atoms with Crippen LogP contribution in [0.3, 0.4) is 0 Å². The summed E-state index contributed by atoms with van der Waals surface area (Å²) in [6.07, 6.45) is 2.32. The summed E-state index contributed by atoms with van der Waals surface area (Å²) in [6, 6.07) is 4.15. The highest BCUT2D eigenvalue weighted by molar-refractivity contribution is 7.90. The van der Waals surface area contributed by atoms with Crippen LogP contribution >= 0.6 is 23.2 Å². The molecule has 0 aliphatic carbocycles. The summed E-state index contributed by atoms with van der Waals surface area (Å²) in [5.74, 6) is -0.190. The van der Waals surface area contributed by atoms with Gasteiger partial charge in [-0.3, -0.25) is 4.79 Å². The number of carbonyl (C=O) groups is 1. The minimum absolute atomic E-state index is 0.103. The lowest BCUT2D eigenvalue weighted by molar-refractivity contribution is 0.0712. The molecule has 128 valence electrons. The molecule has 2 heterocycles. The fourth-order valence-electron chi connectivity index (χ4n) is 2.59. The molecule has 7 nitrogen and oxygen atoms in total. The van der Waals surface area contributed by atoms with E-state index in [0.717, 1.165) is 12.7 Å². The number of carbonyl (C=O) groups excluding carboxylic acids is 1. The topological polar surface area (TPSA) is 93.4 Å². The maximum absolute atomic E-state index is 12.8. The van der Waals surface area contributed by atoms with Crippen molar-refractivity contribution < 1.29 is 17.6 Å². The third-order valence-electron chi connectivity index (χ3n) is 3.70. The lowest BCUT2D eigenvalue weighted by Gasteiger charge is -2.22. The average molecular weight is 390 g/mol. The normalized spacial score (nSPS) is 18.1. The molecule has 0 spiro atoms. The van der Waals surface area contributed by atoms with Crippen molar-refractivity contribution in [3.63, 3.8) is 0 Å². The summed E-state index contributed by atoms with van der Waals surface area (Å²) in [5.41, 5.74) is 0.316. The van der Waals surface area contributed by atoms with Gasteiger partial charge in [0, 0.05) is 17.8 Å². The van der Waals surface area contributed by atoms with Gasteiger partial charge in [0.1, 0.15) is 6.04 Å². The van der Waals surface area contributed by atoms with Crippen LogP contribution in [-0.4, -0.2) is 42.2 Å². The Morgan fingerprint density at radius 2 is 2.08 bits per heavy atom. The molecule has 24 heavy (non-hydrogen) atoms. The van der Waals surface area contributed by atoms with E-state index >= 15 is 0 Å². The fourth-order valence-corrected chi connectivity index (χ4v) is 3.50. The van der Waals surface area contributed by atoms with Gasteiger partial charge in [-0.25, -0.2) is 8.42 Å². The highest BCUT2D eigenvalue weighted by Gasteiger charge is 2.35. The maximum atomic E-state index is 12.8. The number of hydrogen-bond donors (Lipinski definition) is 0. The molecule has 1 fully saturated rings. The second-order valence-electron chi connectivity index (χ2n) is 5.46. The molecule has 2 aromatic rings. The van der Waals surface area contributed by atoms with Gasteiger partial charge in [0.2, 0.25) is 15.7 Å². The van der Waals surface area contributed by atoms with Crippen molar-refractivity contribution in [3.05, 3.63) is 39.7 Å². The smallest absolute Gasteiger partial charge is 0.335 e.